The molecule has 2 N–H and O–H groups in total. The number of amides is 1. The van der Waals surface area contributed by atoms with Crippen molar-refractivity contribution in [3.8, 4) is 5.75 Å². The quantitative estimate of drug-likeness (QED) is 0.742. The van der Waals surface area contributed by atoms with Gasteiger partial charge in [0.15, 0.2) is 0 Å². The van der Waals surface area contributed by atoms with E-state index in [1.54, 1.807) is 18.4 Å². The number of nitrogens with one attached hydrogen (secondary N) is 2. The lowest BCUT2D eigenvalue weighted by molar-refractivity contribution is 0.0950. The number of thiazole rings is 1. The van der Waals surface area contributed by atoms with Crippen molar-refractivity contribution in [3.05, 3.63) is 63.1 Å². The second-order valence-electron chi connectivity index (χ2n) is 6.42. The number of methoxy groups -OCH3 is 1. The smallest absolute Gasteiger partial charge is 0.271 e. The summed E-state index contributed by atoms with van der Waals surface area (Å²) in [6.45, 7) is 2.53. The minimum Gasteiger partial charge on any atom is -0.496 e. The summed E-state index contributed by atoms with van der Waals surface area (Å²) in [6, 6.07) is 7.95. The standard InChI is InChI=1S/C19H20N4O2S/c1-11-10-26-17(21-11)8-16-22-14-7-12(9-20-19(24)18(14)23-16)13-5-3-4-6-15(13)25-2/h3-6,10,12H,7-9H2,1-2H3,(H,20,24)(H,22,23). The maximum Gasteiger partial charge on any atom is 0.271 e. The Hall–Kier alpha value is -2.67. The number of nitrogens with zero attached hydrogens (tertiary/aromatic N) is 2. The first-order valence-corrected chi connectivity index (χ1v) is 9.42. The van der Waals surface area contributed by atoms with Gasteiger partial charge in [-0.1, -0.05) is 18.2 Å². The highest BCUT2D eigenvalue weighted by Gasteiger charge is 2.27. The van der Waals surface area contributed by atoms with Crippen LogP contribution in [0.4, 0.5) is 0 Å². The number of H-pyrrole nitrogens is 1. The number of carbonyl (C=O) groups is 1. The monoisotopic (exact) mass is 368 g/mol. The number of aryl methyl sites for hydroxylation is 1. The molecule has 3 heterocycles. The molecule has 0 bridgehead atoms. The van der Waals surface area contributed by atoms with Crippen LogP contribution in [0.3, 0.4) is 0 Å². The minimum atomic E-state index is -0.129. The van der Waals surface area contributed by atoms with Crippen molar-refractivity contribution in [2.24, 2.45) is 0 Å². The fourth-order valence-corrected chi connectivity index (χ4v) is 4.13. The van der Waals surface area contributed by atoms with Crippen LogP contribution < -0.4 is 10.1 Å². The van der Waals surface area contributed by atoms with E-state index in [9.17, 15) is 4.79 Å². The molecule has 1 aromatic carbocycles. The molecule has 4 rings (SSSR count). The molecule has 1 aliphatic rings. The van der Waals surface area contributed by atoms with Gasteiger partial charge in [0.1, 0.15) is 22.3 Å². The van der Waals surface area contributed by atoms with Gasteiger partial charge in [-0.05, 0) is 25.0 Å². The molecule has 26 heavy (non-hydrogen) atoms. The number of rotatable bonds is 4. The van der Waals surface area contributed by atoms with Crippen molar-refractivity contribution < 1.29 is 9.53 Å². The molecule has 6 nitrogen and oxygen atoms in total. The molecular weight excluding hydrogens is 348 g/mol. The summed E-state index contributed by atoms with van der Waals surface area (Å²) in [6.07, 6.45) is 1.32. The van der Waals surface area contributed by atoms with Gasteiger partial charge < -0.3 is 15.0 Å². The van der Waals surface area contributed by atoms with E-state index in [0.717, 1.165) is 33.5 Å². The van der Waals surface area contributed by atoms with Crippen molar-refractivity contribution in [2.45, 2.75) is 25.7 Å². The van der Waals surface area contributed by atoms with Crippen molar-refractivity contribution in [3.63, 3.8) is 0 Å². The molecule has 2 aromatic heterocycles. The first kappa shape index (κ1) is 16.8. The number of aromatic amines is 1. The Morgan fingerprint density at radius 2 is 2.15 bits per heavy atom. The van der Waals surface area contributed by atoms with E-state index in [1.807, 2.05) is 30.5 Å². The third-order valence-corrected chi connectivity index (χ3v) is 5.53. The molecule has 0 aliphatic carbocycles. The zero-order valence-corrected chi connectivity index (χ0v) is 15.5. The molecular formula is C19H20N4O2S. The predicted octanol–water partition coefficient (Wildman–Crippen LogP) is 2.84. The predicted molar refractivity (Wildman–Crippen MR) is 100 cm³/mol. The van der Waals surface area contributed by atoms with Crippen molar-refractivity contribution in [2.75, 3.05) is 13.7 Å². The van der Waals surface area contributed by atoms with Crippen LogP contribution in [0.2, 0.25) is 0 Å². The Balaban J connectivity index is 1.63. The summed E-state index contributed by atoms with van der Waals surface area (Å²) in [4.78, 5) is 24.8. The number of para-hydroxylation sites is 1. The molecule has 1 atom stereocenters. The summed E-state index contributed by atoms with van der Waals surface area (Å²) in [5.41, 5.74) is 3.46. The van der Waals surface area contributed by atoms with Gasteiger partial charge in [0.25, 0.3) is 5.91 Å². The van der Waals surface area contributed by atoms with Gasteiger partial charge >= 0.3 is 0 Å². The zero-order chi connectivity index (χ0) is 18.1. The van der Waals surface area contributed by atoms with Crippen molar-refractivity contribution >= 4 is 17.2 Å². The maximum absolute atomic E-state index is 12.5. The van der Waals surface area contributed by atoms with Gasteiger partial charge in [-0.3, -0.25) is 4.79 Å². The van der Waals surface area contributed by atoms with Crippen LogP contribution in [0.1, 0.15) is 44.2 Å². The topological polar surface area (TPSA) is 79.9 Å². The van der Waals surface area contributed by atoms with Crippen molar-refractivity contribution in [1.29, 1.82) is 0 Å². The Labute approximate surface area is 155 Å². The van der Waals surface area contributed by atoms with Crippen LogP contribution in [0.15, 0.2) is 29.6 Å². The molecule has 7 heteroatoms. The number of ether oxygens (including phenoxy) is 1. The van der Waals surface area contributed by atoms with Crippen LogP contribution in [0.5, 0.6) is 5.75 Å². The fourth-order valence-electron chi connectivity index (χ4n) is 3.35. The number of aromatic nitrogens is 3. The van der Waals surface area contributed by atoms with E-state index in [0.29, 0.717) is 25.1 Å². The van der Waals surface area contributed by atoms with Crippen LogP contribution in [0, 0.1) is 6.92 Å². The molecule has 1 unspecified atom stereocenters. The third kappa shape index (κ3) is 3.22. The highest BCUT2D eigenvalue weighted by atomic mass is 32.1. The molecule has 0 saturated heterocycles. The summed E-state index contributed by atoms with van der Waals surface area (Å²) in [5.74, 6) is 1.62. The lowest BCUT2D eigenvalue weighted by Gasteiger charge is -2.17. The average Bonchev–Trinajstić information content (AvgIpc) is 3.20. The fraction of sp³-hybridized carbons (Fsp3) is 0.316. The van der Waals surface area contributed by atoms with Crippen LogP contribution >= 0.6 is 11.3 Å². The molecule has 1 aliphatic heterocycles. The molecule has 134 valence electrons. The average molecular weight is 368 g/mol. The molecule has 3 aromatic rings. The van der Waals surface area contributed by atoms with Gasteiger partial charge in [-0.2, -0.15) is 0 Å². The number of hydrogen-bond donors (Lipinski definition) is 2. The SMILES string of the molecule is COc1ccccc1C1CNC(=O)c2nc(Cc3nc(C)cs3)[nH]c2C1. The Morgan fingerprint density at radius 1 is 1.31 bits per heavy atom. The van der Waals surface area contributed by atoms with E-state index in [-0.39, 0.29) is 11.8 Å². The summed E-state index contributed by atoms with van der Waals surface area (Å²) < 4.78 is 5.50. The Bertz CT molecular complexity index is 947. The van der Waals surface area contributed by atoms with Crippen molar-refractivity contribution in [1.82, 2.24) is 20.3 Å². The van der Waals surface area contributed by atoms with E-state index >= 15 is 0 Å². The first-order chi connectivity index (χ1) is 12.6. The maximum atomic E-state index is 12.5. The largest absolute Gasteiger partial charge is 0.496 e. The second kappa shape index (κ2) is 6.92. The summed E-state index contributed by atoms with van der Waals surface area (Å²) in [5, 5.41) is 6.01. The van der Waals surface area contributed by atoms with E-state index in [1.165, 1.54) is 0 Å². The lowest BCUT2D eigenvalue weighted by atomic mass is 9.93. The van der Waals surface area contributed by atoms with Gasteiger partial charge in [-0.15, -0.1) is 11.3 Å². The first-order valence-electron chi connectivity index (χ1n) is 8.54. The number of imidazole rings is 1. The number of hydrogen-bond acceptors (Lipinski definition) is 5. The highest BCUT2D eigenvalue weighted by molar-refractivity contribution is 7.09. The van der Waals surface area contributed by atoms with Gasteiger partial charge in [0, 0.05) is 29.2 Å². The number of fused-ring (bicyclic) bond motifs is 1. The van der Waals surface area contributed by atoms with E-state index in [2.05, 4.69) is 26.3 Å². The summed E-state index contributed by atoms with van der Waals surface area (Å²) >= 11 is 1.61. The van der Waals surface area contributed by atoms with Crippen LogP contribution in [0.25, 0.3) is 0 Å². The Morgan fingerprint density at radius 3 is 2.92 bits per heavy atom. The normalized spacial score (nSPS) is 16.7. The van der Waals surface area contributed by atoms with Gasteiger partial charge in [-0.25, -0.2) is 9.97 Å². The second-order valence-corrected chi connectivity index (χ2v) is 7.37. The van der Waals surface area contributed by atoms with Crippen LogP contribution in [-0.4, -0.2) is 34.5 Å². The minimum absolute atomic E-state index is 0.129. The highest BCUT2D eigenvalue weighted by Crippen LogP contribution is 2.31. The number of carbonyl (C=O) groups excluding carboxylic acids is 1. The molecule has 0 saturated carbocycles. The molecule has 0 radical (unpaired) electrons. The number of benzene rings is 1. The lowest BCUT2D eigenvalue weighted by Crippen LogP contribution is -2.26. The van der Waals surface area contributed by atoms with Gasteiger partial charge in [0.2, 0.25) is 0 Å². The van der Waals surface area contributed by atoms with E-state index in [4.69, 9.17) is 4.74 Å². The van der Waals surface area contributed by atoms with Gasteiger partial charge in [0.05, 0.1) is 13.5 Å². The Kier molecular flexibility index (Phi) is 4.46. The van der Waals surface area contributed by atoms with E-state index < -0.39 is 0 Å². The summed E-state index contributed by atoms with van der Waals surface area (Å²) in [7, 11) is 1.67. The molecule has 0 fully saturated rings. The zero-order valence-electron chi connectivity index (χ0n) is 14.7. The van der Waals surface area contributed by atoms with Crippen LogP contribution in [-0.2, 0) is 12.8 Å². The third-order valence-electron chi connectivity index (χ3n) is 4.57. The molecule has 1 amide bonds. The molecule has 0 spiro atoms.